The average Bonchev–Trinajstić information content (AvgIpc) is 3.20. The van der Waals surface area contributed by atoms with Crippen molar-refractivity contribution >= 4 is 23.5 Å². The van der Waals surface area contributed by atoms with Crippen molar-refractivity contribution in [1.29, 1.82) is 0 Å². The van der Waals surface area contributed by atoms with E-state index in [0.29, 0.717) is 6.54 Å². The molecule has 1 unspecified atom stereocenters. The van der Waals surface area contributed by atoms with E-state index in [1.54, 1.807) is 13.1 Å². The fourth-order valence-electron chi connectivity index (χ4n) is 1.99. The smallest absolute Gasteiger partial charge is 0.356 e. The molecule has 0 aliphatic carbocycles. The van der Waals surface area contributed by atoms with Gasteiger partial charge in [0.05, 0.1) is 5.69 Å². The summed E-state index contributed by atoms with van der Waals surface area (Å²) in [5.74, 6) is -2.04. The van der Waals surface area contributed by atoms with Gasteiger partial charge in [-0.1, -0.05) is 0 Å². The van der Waals surface area contributed by atoms with E-state index < -0.39 is 23.8 Å². The molecule has 10 heteroatoms. The van der Waals surface area contributed by atoms with Gasteiger partial charge in [-0.25, -0.2) is 4.79 Å². The fraction of sp³-hybridized carbons (Fsp3) is 0.357. The fourth-order valence-corrected chi connectivity index (χ4v) is 1.99. The van der Waals surface area contributed by atoms with Gasteiger partial charge in [0.2, 0.25) is 5.91 Å². The summed E-state index contributed by atoms with van der Waals surface area (Å²) < 4.78 is 2.77. The van der Waals surface area contributed by atoms with Gasteiger partial charge in [-0.15, -0.1) is 0 Å². The van der Waals surface area contributed by atoms with Crippen LogP contribution in [0.1, 0.15) is 40.9 Å². The third kappa shape index (κ3) is 3.42. The zero-order valence-electron chi connectivity index (χ0n) is 13.5. The molecule has 0 radical (unpaired) electrons. The van der Waals surface area contributed by atoms with Gasteiger partial charge < -0.3 is 15.7 Å². The minimum absolute atomic E-state index is 0.103. The molecule has 0 aromatic carbocycles. The first-order chi connectivity index (χ1) is 11.4. The first-order valence-electron chi connectivity index (χ1n) is 7.26. The van der Waals surface area contributed by atoms with Crippen LogP contribution in [0.15, 0.2) is 18.5 Å². The Bertz CT molecular complexity index is 778. The third-order valence-corrected chi connectivity index (χ3v) is 3.39. The topological polar surface area (TPSA) is 131 Å². The van der Waals surface area contributed by atoms with Crippen LogP contribution in [0.4, 0.5) is 5.69 Å². The van der Waals surface area contributed by atoms with Crippen molar-refractivity contribution in [2.45, 2.75) is 26.4 Å². The number of aryl methyl sites for hydroxylation is 1. The first-order valence-corrected chi connectivity index (χ1v) is 7.26. The molecular formula is C14H18N6O4. The van der Waals surface area contributed by atoms with E-state index >= 15 is 0 Å². The summed E-state index contributed by atoms with van der Waals surface area (Å²) in [6.45, 7) is 3.96. The third-order valence-electron chi connectivity index (χ3n) is 3.39. The molecule has 1 atom stereocenters. The lowest BCUT2D eigenvalue weighted by atomic mass is 10.3. The number of rotatable bonds is 6. The quantitative estimate of drug-likeness (QED) is 0.699. The largest absolute Gasteiger partial charge is 0.476 e. The van der Waals surface area contributed by atoms with Crippen LogP contribution < -0.4 is 10.6 Å². The van der Waals surface area contributed by atoms with E-state index in [1.165, 1.54) is 28.7 Å². The van der Waals surface area contributed by atoms with Crippen molar-refractivity contribution in [3.8, 4) is 0 Å². The maximum Gasteiger partial charge on any atom is 0.356 e. The number of nitrogens with one attached hydrogen (secondary N) is 2. The maximum atomic E-state index is 12.4. The van der Waals surface area contributed by atoms with Crippen molar-refractivity contribution in [2.24, 2.45) is 0 Å². The van der Waals surface area contributed by atoms with E-state index in [4.69, 9.17) is 5.11 Å². The summed E-state index contributed by atoms with van der Waals surface area (Å²) in [6.07, 6.45) is 2.96. The molecule has 24 heavy (non-hydrogen) atoms. The van der Waals surface area contributed by atoms with Gasteiger partial charge >= 0.3 is 5.97 Å². The molecule has 0 saturated carbocycles. The van der Waals surface area contributed by atoms with Crippen LogP contribution in [0.2, 0.25) is 0 Å². The lowest BCUT2D eigenvalue weighted by Gasteiger charge is -2.12. The highest BCUT2D eigenvalue weighted by Gasteiger charge is 2.22. The Hall–Kier alpha value is -3.17. The summed E-state index contributed by atoms with van der Waals surface area (Å²) >= 11 is 0. The van der Waals surface area contributed by atoms with E-state index in [2.05, 4.69) is 20.8 Å². The molecule has 0 spiro atoms. The molecule has 2 rings (SSSR count). The molecule has 2 amide bonds. The average molecular weight is 334 g/mol. The molecule has 2 aromatic heterocycles. The van der Waals surface area contributed by atoms with E-state index in [0.717, 1.165) is 0 Å². The van der Waals surface area contributed by atoms with E-state index in [-0.39, 0.29) is 17.1 Å². The predicted octanol–water partition coefficient (Wildman–Crippen LogP) is 0.357. The Morgan fingerprint density at radius 1 is 1.33 bits per heavy atom. The first kappa shape index (κ1) is 17.2. The van der Waals surface area contributed by atoms with Gasteiger partial charge in [-0.2, -0.15) is 10.2 Å². The molecule has 0 aliphatic rings. The number of hydrogen-bond acceptors (Lipinski definition) is 5. The number of carboxylic acids is 1. The van der Waals surface area contributed by atoms with Crippen molar-refractivity contribution in [2.75, 3.05) is 12.4 Å². The van der Waals surface area contributed by atoms with Gasteiger partial charge in [0.25, 0.3) is 5.91 Å². The number of aromatic nitrogens is 4. The zero-order chi connectivity index (χ0) is 17.9. The molecule has 3 N–H and O–H groups in total. The second kappa shape index (κ2) is 6.94. The lowest BCUT2D eigenvalue weighted by Crippen LogP contribution is -2.26. The SMILES string of the molecule is CCn1cc(NC(=O)C(C)n2ccc(C(=O)O)n2)c(C(=O)NC)n1. The van der Waals surface area contributed by atoms with Crippen LogP contribution in [-0.4, -0.2) is 49.5 Å². The molecule has 2 heterocycles. The van der Waals surface area contributed by atoms with Crippen molar-refractivity contribution in [1.82, 2.24) is 24.9 Å². The number of nitrogens with zero attached hydrogens (tertiary/aromatic N) is 4. The molecule has 0 bridgehead atoms. The number of carbonyl (C=O) groups excluding carboxylic acids is 2. The molecule has 2 aromatic rings. The number of carbonyl (C=O) groups is 3. The Balaban J connectivity index is 2.20. The lowest BCUT2D eigenvalue weighted by molar-refractivity contribution is -0.119. The standard InChI is InChI=1S/C14H18N6O4/c1-4-19-7-10(11(18-19)13(22)15-3)16-12(21)8(2)20-6-5-9(17-20)14(23)24/h5-8H,4H2,1-3H3,(H,15,22)(H,16,21)(H,23,24). The zero-order valence-corrected chi connectivity index (χ0v) is 13.5. The molecule has 0 fully saturated rings. The van der Waals surface area contributed by atoms with Crippen LogP contribution in [0.25, 0.3) is 0 Å². The van der Waals surface area contributed by atoms with Crippen LogP contribution in [0.5, 0.6) is 0 Å². The molecular weight excluding hydrogens is 316 g/mol. The highest BCUT2D eigenvalue weighted by molar-refractivity contribution is 6.02. The van der Waals surface area contributed by atoms with Gasteiger partial charge in [0, 0.05) is 26.0 Å². The van der Waals surface area contributed by atoms with Crippen LogP contribution in [0.3, 0.4) is 0 Å². The number of aromatic carboxylic acids is 1. The minimum atomic E-state index is -1.17. The van der Waals surface area contributed by atoms with Crippen LogP contribution >= 0.6 is 0 Å². The second-order valence-electron chi connectivity index (χ2n) is 4.98. The second-order valence-corrected chi connectivity index (χ2v) is 4.98. The molecule has 0 saturated heterocycles. The van der Waals surface area contributed by atoms with Crippen LogP contribution in [0, 0.1) is 0 Å². The summed E-state index contributed by atoms with van der Waals surface area (Å²) in [7, 11) is 1.47. The van der Waals surface area contributed by atoms with Gasteiger partial charge in [0.1, 0.15) is 6.04 Å². The van der Waals surface area contributed by atoms with Crippen LogP contribution in [-0.2, 0) is 11.3 Å². The summed E-state index contributed by atoms with van der Waals surface area (Å²) in [4.78, 5) is 35.1. The normalized spacial score (nSPS) is 11.8. The number of carboxylic acid groups (broad SMARTS) is 1. The Morgan fingerprint density at radius 3 is 2.58 bits per heavy atom. The van der Waals surface area contributed by atoms with Crippen molar-refractivity contribution in [3.05, 3.63) is 29.8 Å². The molecule has 10 nitrogen and oxygen atoms in total. The Kier molecular flexibility index (Phi) is 4.97. The Morgan fingerprint density at radius 2 is 2.04 bits per heavy atom. The van der Waals surface area contributed by atoms with Gasteiger partial charge in [-0.05, 0) is 19.9 Å². The highest BCUT2D eigenvalue weighted by Crippen LogP contribution is 2.16. The summed E-state index contributed by atoms with van der Waals surface area (Å²) in [5.41, 5.74) is 0.227. The van der Waals surface area contributed by atoms with Crippen molar-refractivity contribution in [3.63, 3.8) is 0 Å². The maximum absolute atomic E-state index is 12.4. The number of amides is 2. The minimum Gasteiger partial charge on any atom is -0.476 e. The van der Waals surface area contributed by atoms with Gasteiger partial charge in [0.15, 0.2) is 11.4 Å². The predicted molar refractivity (Wildman–Crippen MR) is 83.8 cm³/mol. The molecule has 0 aliphatic heterocycles. The number of anilines is 1. The van der Waals surface area contributed by atoms with E-state index in [9.17, 15) is 14.4 Å². The Labute approximate surface area is 137 Å². The summed E-state index contributed by atoms with van der Waals surface area (Å²) in [5, 5.41) is 21.9. The number of hydrogen-bond donors (Lipinski definition) is 3. The monoisotopic (exact) mass is 334 g/mol. The molecule has 128 valence electrons. The highest BCUT2D eigenvalue weighted by atomic mass is 16.4. The van der Waals surface area contributed by atoms with E-state index in [1.807, 2.05) is 6.92 Å². The summed E-state index contributed by atoms with van der Waals surface area (Å²) in [6, 6.07) is 0.539. The van der Waals surface area contributed by atoms with Gasteiger partial charge in [-0.3, -0.25) is 19.0 Å². The van der Waals surface area contributed by atoms with Crippen molar-refractivity contribution < 1.29 is 19.5 Å².